The largest absolute Gasteiger partial charge is 0.450 e. The SMILES string of the molecule is CC[C@H]1CC2C3CCC(CCOC(=O)NCc4ccccc4)C3(C)CCC2(C)C2(C)CCCCC12. The lowest BCUT2D eigenvalue weighted by Gasteiger charge is -2.68. The summed E-state index contributed by atoms with van der Waals surface area (Å²) in [6, 6.07) is 10.0. The summed E-state index contributed by atoms with van der Waals surface area (Å²) in [5.74, 6) is 4.30. The smallest absolute Gasteiger partial charge is 0.407 e. The molecule has 1 aromatic rings. The molecule has 1 amide bonds. The number of benzene rings is 1. The van der Waals surface area contributed by atoms with Crippen LogP contribution in [0.15, 0.2) is 30.3 Å². The van der Waals surface area contributed by atoms with E-state index in [4.69, 9.17) is 4.74 Å². The van der Waals surface area contributed by atoms with Gasteiger partial charge in [-0.2, -0.15) is 0 Å². The van der Waals surface area contributed by atoms with Gasteiger partial charge >= 0.3 is 6.09 Å². The highest BCUT2D eigenvalue weighted by atomic mass is 16.5. The molecule has 3 nitrogen and oxygen atoms in total. The molecule has 1 aromatic carbocycles. The number of hydrogen-bond acceptors (Lipinski definition) is 2. The number of fused-ring (bicyclic) bond motifs is 5. The molecule has 1 N–H and O–H groups in total. The Bertz CT molecular complexity index is 885. The topological polar surface area (TPSA) is 38.3 Å². The van der Waals surface area contributed by atoms with Gasteiger partial charge in [-0.25, -0.2) is 4.79 Å². The third kappa shape index (κ3) is 4.23. The van der Waals surface area contributed by atoms with Gasteiger partial charge in [0, 0.05) is 6.54 Å². The summed E-state index contributed by atoms with van der Waals surface area (Å²) in [4.78, 5) is 12.3. The molecule has 0 aliphatic heterocycles. The van der Waals surface area contributed by atoms with Crippen molar-refractivity contribution in [2.75, 3.05) is 6.61 Å². The van der Waals surface area contributed by atoms with E-state index in [0.29, 0.717) is 35.3 Å². The van der Waals surface area contributed by atoms with Crippen LogP contribution in [0.1, 0.15) is 104 Å². The summed E-state index contributed by atoms with van der Waals surface area (Å²) in [6.07, 6.45) is 14.9. The maximum absolute atomic E-state index is 12.3. The Morgan fingerprint density at radius 1 is 0.943 bits per heavy atom. The highest BCUT2D eigenvalue weighted by molar-refractivity contribution is 5.67. The Hall–Kier alpha value is -1.51. The van der Waals surface area contributed by atoms with E-state index in [2.05, 4.69) is 33.0 Å². The molecule has 4 saturated carbocycles. The van der Waals surface area contributed by atoms with Crippen LogP contribution in [0.4, 0.5) is 4.79 Å². The monoisotopic (exact) mass is 479 g/mol. The fraction of sp³-hybridized carbons (Fsp3) is 0.781. The number of alkyl carbamates (subject to hydrolysis) is 1. The Morgan fingerprint density at radius 2 is 1.71 bits per heavy atom. The maximum Gasteiger partial charge on any atom is 0.407 e. The zero-order chi connectivity index (χ0) is 24.7. The van der Waals surface area contributed by atoms with Crippen LogP contribution in [0, 0.1) is 45.8 Å². The first-order valence-electron chi connectivity index (χ1n) is 14.8. The first-order valence-corrected chi connectivity index (χ1v) is 14.8. The van der Waals surface area contributed by atoms with Crippen LogP contribution in [0.5, 0.6) is 0 Å². The van der Waals surface area contributed by atoms with Crippen LogP contribution in [0.3, 0.4) is 0 Å². The van der Waals surface area contributed by atoms with Crippen molar-refractivity contribution in [1.29, 1.82) is 0 Å². The van der Waals surface area contributed by atoms with Gasteiger partial charge in [-0.15, -0.1) is 0 Å². The lowest BCUT2D eigenvalue weighted by Crippen LogP contribution is -2.61. The molecule has 194 valence electrons. The van der Waals surface area contributed by atoms with Crippen molar-refractivity contribution in [3.8, 4) is 0 Å². The number of carbonyl (C=O) groups excluding carboxylic acids is 1. The summed E-state index contributed by atoms with van der Waals surface area (Å²) in [6.45, 7) is 11.6. The third-order valence-electron chi connectivity index (χ3n) is 12.3. The highest BCUT2D eigenvalue weighted by Gasteiger charge is 2.66. The van der Waals surface area contributed by atoms with E-state index in [1.165, 1.54) is 64.2 Å². The number of ether oxygens (including phenoxy) is 1. The molecular weight excluding hydrogens is 430 g/mol. The van der Waals surface area contributed by atoms with Gasteiger partial charge in [0.1, 0.15) is 0 Å². The minimum absolute atomic E-state index is 0.279. The summed E-state index contributed by atoms with van der Waals surface area (Å²) >= 11 is 0. The predicted molar refractivity (Wildman–Crippen MR) is 143 cm³/mol. The molecule has 7 unspecified atom stereocenters. The van der Waals surface area contributed by atoms with E-state index < -0.39 is 0 Å². The molecule has 0 spiro atoms. The summed E-state index contributed by atoms with van der Waals surface area (Å²) in [7, 11) is 0. The van der Waals surface area contributed by atoms with Gasteiger partial charge in [0.2, 0.25) is 0 Å². The fourth-order valence-corrected chi connectivity index (χ4v) is 10.0. The molecule has 0 saturated heterocycles. The van der Waals surface area contributed by atoms with Gasteiger partial charge in [-0.1, -0.05) is 77.3 Å². The zero-order valence-corrected chi connectivity index (χ0v) is 22.8. The average molecular weight is 480 g/mol. The van der Waals surface area contributed by atoms with E-state index in [1.807, 2.05) is 30.3 Å². The number of amides is 1. The zero-order valence-electron chi connectivity index (χ0n) is 22.8. The molecule has 0 heterocycles. The Morgan fingerprint density at radius 3 is 2.49 bits per heavy atom. The van der Waals surface area contributed by atoms with E-state index in [-0.39, 0.29) is 6.09 Å². The maximum atomic E-state index is 12.3. The van der Waals surface area contributed by atoms with Crippen LogP contribution in [0.25, 0.3) is 0 Å². The average Bonchev–Trinajstić information content (AvgIpc) is 3.20. The quantitative estimate of drug-likeness (QED) is 0.445. The molecule has 35 heavy (non-hydrogen) atoms. The molecule has 4 fully saturated rings. The molecule has 4 aliphatic rings. The fourth-order valence-electron chi connectivity index (χ4n) is 10.0. The number of hydrogen-bond donors (Lipinski definition) is 1. The van der Waals surface area contributed by atoms with Crippen molar-refractivity contribution < 1.29 is 9.53 Å². The van der Waals surface area contributed by atoms with E-state index in [1.54, 1.807) is 0 Å². The standard InChI is InChI=1S/C32H49NO2/c1-5-24-21-28-27-15-14-25(16-20-35-29(34)33-22-23-11-7-6-8-12-23)30(27,2)18-19-32(28,4)31(3)17-10-9-13-26(24)31/h6-8,11-12,24-28H,5,9-10,13-22H2,1-4H3,(H,33,34)/t24-,25?,26?,27?,28?,30?,31?,32?/m0/s1. The van der Waals surface area contributed by atoms with Crippen LogP contribution < -0.4 is 5.32 Å². The second kappa shape index (κ2) is 9.75. The number of nitrogens with one attached hydrogen (secondary N) is 1. The molecular formula is C32H49NO2. The second-order valence-electron chi connectivity index (χ2n) is 13.3. The third-order valence-corrected chi connectivity index (χ3v) is 12.3. The van der Waals surface area contributed by atoms with Crippen LogP contribution in [-0.4, -0.2) is 12.7 Å². The Balaban J connectivity index is 1.21. The van der Waals surface area contributed by atoms with Gasteiger partial charge in [0.15, 0.2) is 0 Å². The molecule has 4 aliphatic carbocycles. The van der Waals surface area contributed by atoms with Crippen molar-refractivity contribution in [2.45, 2.75) is 105 Å². The minimum Gasteiger partial charge on any atom is -0.450 e. The lowest BCUT2D eigenvalue weighted by atomic mass is 9.36. The van der Waals surface area contributed by atoms with E-state index in [0.717, 1.165) is 35.7 Å². The van der Waals surface area contributed by atoms with E-state index >= 15 is 0 Å². The van der Waals surface area contributed by atoms with Gasteiger partial charge < -0.3 is 10.1 Å². The molecule has 5 rings (SSSR count). The van der Waals surface area contributed by atoms with E-state index in [9.17, 15) is 4.79 Å². The van der Waals surface area contributed by atoms with Crippen molar-refractivity contribution in [2.24, 2.45) is 45.8 Å². The summed E-state index contributed by atoms with van der Waals surface area (Å²) < 4.78 is 5.65. The lowest BCUT2D eigenvalue weighted by molar-refractivity contribution is -0.194. The first kappa shape index (κ1) is 25.2. The first-order chi connectivity index (χ1) is 16.8. The Kier molecular flexibility index (Phi) is 7.01. The van der Waals surface area contributed by atoms with Gasteiger partial charge in [-0.05, 0) is 103 Å². The molecule has 3 heteroatoms. The van der Waals surface area contributed by atoms with Gasteiger partial charge in [0.25, 0.3) is 0 Å². The number of carbonyl (C=O) groups is 1. The second-order valence-corrected chi connectivity index (χ2v) is 13.3. The van der Waals surface area contributed by atoms with Crippen molar-refractivity contribution in [1.82, 2.24) is 5.32 Å². The van der Waals surface area contributed by atoms with Crippen molar-refractivity contribution >= 4 is 6.09 Å². The van der Waals surface area contributed by atoms with Crippen molar-refractivity contribution in [3.63, 3.8) is 0 Å². The van der Waals surface area contributed by atoms with Crippen molar-refractivity contribution in [3.05, 3.63) is 35.9 Å². The summed E-state index contributed by atoms with van der Waals surface area (Å²) in [5, 5.41) is 2.91. The molecule has 8 atom stereocenters. The van der Waals surface area contributed by atoms with Crippen LogP contribution in [-0.2, 0) is 11.3 Å². The molecule has 0 aromatic heterocycles. The Labute approximate surface area is 214 Å². The molecule has 0 bridgehead atoms. The predicted octanol–water partition coefficient (Wildman–Crippen LogP) is 8.38. The van der Waals surface area contributed by atoms with Crippen LogP contribution >= 0.6 is 0 Å². The normalized spacial score (nSPS) is 42.5. The number of rotatable bonds is 6. The van der Waals surface area contributed by atoms with Gasteiger partial charge in [-0.3, -0.25) is 0 Å². The highest BCUT2D eigenvalue weighted by Crippen LogP contribution is 2.73. The van der Waals surface area contributed by atoms with Gasteiger partial charge in [0.05, 0.1) is 6.61 Å². The molecule has 0 radical (unpaired) electrons. The van der Waals surface area contributed by atoms with Crippen LogP contribution in [0.2, 0.25) is 0 Å². The summed E-state index contributed by atoms with van der Waals surface area (Å²) in [5.41, 5.74) is 2.57. The minimum atomic E-state index is -0.279.